The Bertz CT molecular complexity index is 524. The van der Waals surface area contributed by atoms with E-state index in [9.17, 15) is 4.79 Å². The monoisotopic (exact) mass is 278 g/mol. The van der Waals surface area contributed by atoms with Crippen LogP contribution in [0.25, 0.3) is 0 Å². The lowest BCUT2D eigenvalue weighted by Gasteiger charge is -2.14. The van der Waals surface area contributed by atoms with Gasteiger partial charge in [0, 0.05) is 17.9 Å². The van der Waals surface area contributed by atoms with E-state index in [4.69, 9.17) is 15.7 Å². The van der Waals surface area contributed by atoms with E-state index in [2.05, 4.69) is 15.8 Å². The number of carbonyl (C=O) groups excluding carboxylic acids is 1. The molecule has 1 fully saturated rings. The Morgan fingerprint density at radius 3 is 3.00 bits per heavy atom. The number of aryl methyl sites for hydroxylation is 1. The number of oxime groups is 1. The number of ether oxygens (including phenoxy) is 1. The Balaban J connectivity index is 2.05. The molecule has 1 unspecified atom stereocenters. The molecule has 7 heteroatoms. The number of urea groups is 1. The quantitative estimate of drug-likeness (QED) is 0.286. The van der Waals surface area contributed by atoms with Crippen LogP contribution >= 0.6 is 0 Å². The first-order valence-electron chi connectivity index (χ1n) is 6.34. The molecule has 108 valence electrons. The summed E-state index contributed by atoms with van der Waals surface area (Å²) in [5, 5.41) is 17.2. The van der Waals surface area contributed by atoms with Crippen molar-refractivity contribution in [3.63, 3.8) is 0 Å². The van der Waals surface area contributed by atoms with Crippen LogP contribution < -0.4 is 16.4 Å². The van der Waals surface area contributed by atoms with Crippen molar-refractivity contribution >= 4 is 17.6 Å². The van der Waals surface area contributed by atoms with Gasteiger partial charge in [0.2, 0.25) is 0 Å². The van der Waals surface area contributed by atoms with Crippen molar-refractivity contribution in [3.05, 3.63) is 29.3 Å². The first kappa shape index (κ1) is 14.1. The van der Waals surface area contributed by atoms with Crippen LogP contribution in [0.2, 0.25) is 0 Å². The zero-order valence-corrected chi connectivity index (χ0v) is 11.2. The molecule has 7 nitrogen and oxygen atoms in total. The molecule has 0 saturated carbocycles. The molecule has 1 aromatic carbocycles. The maximum Gasteiger partial charge on any atom is 0.319 e. The molecule has 1 saturated heterocycles. The third kappa shape index (κ3) is 3.39. The summed E-state index contributed by atoms with van der Waals surface area (Å²) >= 11 is 0. The highest BCUT2D eigenvalue weighted by molar-refractivity contribution is 5.99. The Morgan fingerprint density at radius 1 is 1.55 bits per heavy atom. The fourth-order valence-electron chi connectivity index (χ4n) is 1.97. The minimum atomic E-state index is -0.291. The van der Waals surface area contributed by atoms with E-state index in [1.165, 1.54) is 0 Å². The average molecular weight is 278 g/mol. The van der Waals surface area contributed by atoms with Gasteiger partial charge in [0.1, 0.15) is 0 Å². The van der Waals surface area contributed by atoms with Crippen molar-refractivity contribution < 1.29 is 14.7 Å². The van der Waals surface area contributed by atoms with E-state index in [1.54, 1.807) is 18.2 Å². The maximum atomic E-state index is 11.9. The van der Waals surface area contributed by atoms with Gasteiger partial charge >= 0.3 is 6.03 Å². The van der Waals surface area contributed by atoms with E-state index >= 15 is 0 Å². The van der Waals surface area contributed by atoms with Crippen molar-refractivity contribution in [2.24, 2.45) is 10.9 Å². The van der Waals surface area contributed by atoms with Crippen LogP contribution in [0.15, 0.2) is 23.4 Å². The van der Waals surface area contributed by atoms with Crippen LogP contribution in [0.4, 0.5) is 10.5 Å². The van der Waals surface area contributed by atoms with Crippen LogP contribution in [-0.2, 0) is 4.74 Å². The molecule has 2 rings (SSSR count). The molecule has 0 spiro atoms. The summed E-state index contributed by atoms with van der Waals surface area (Å²) in [5.74, 6) is -0.00217. The van der Waals surface area contributed by atoms with Gasteiger partial charge in [-0.05, 0) is 25.0 Å². The predicted molar refractivity (Wildman–Crippen MR) is 75.1 cm³/mol. The van der Waals surface area contributed by atoms with Gasteiger partial charge in [0.25, 0.3) is 0 Å². The number of nitrogens with zero attached hydrogens (tertiary/aromatic N) is 1. The largest absolute Gasteiger partial charge is 0.409 e. The van der Waals surface area contributed by atoms with Crippen molar-refractivity contribution in [1.82, 2.24) is 5.32 Å². The lowest BCUT2D eigenvalue weighted by Crippen LogP contribution is -2.38. The van der Waals surface area contributed by atoms with Crippen molar-refractivity contribution in [3.8, 4) is 0 Å². The van der Waals surface area contributed by atoms with Gasteiger partial charge in [-0.2, -0.15) is 0 Å². The number of nitrogens with one attached hydrogen (secondary N) is 2. The van der Waals surface area contributed by atoms with Gasteiger partial charge in [0.15, 0.2) is 5.84 Å². The zero-order chi connectivity index (χ0) is 14.5. The number of carbonyl (C=O) groups is 1. The summed E-state index contributed by atoms with van der Waals surface area (Å²) in [6, 6.07) is 4.93. The second-order valence-electron chi connectivity index (χ2n) is 4.67. The fraction of sp³-hybridized carbons (Fsp3) is 0.385. The van der Waals surface area contributed by atoms with Gasteiger partial charge < -0.3 is 26.3 Å². The molecular formula is C13H18N4O3. The lowest BCUT2D eigenvalue weighted by atomic mass is 10.1. The van der Waals surface area contributed by atoms with E-state index in [0.717, 1.165) is 12.0 Å². The summed E-state index contributed by atoms with van der Waals surface area (Å²) in [6.07, 6.45) is 0.816. The van der Waals surface area contributed by atoms with E-state index in [-0.39, 0.29) is 17.9 Å². The summed E-state index contributed by atoms with van der Waals surface area (Å²) in [7, 11) is 0. The molecule has 1 aliphatic heterocycles. The molecule has 2 amide bonds. The molecule has 5 N–H and O–H groups in total. The molecular weight excluding hydrogens is 260 g/mol. The van der Waals surface area contributed by atoms with Crippen LogP contribution in [0.5, 0.6) is 0 Å². The highest BCUT2D eigenvalue weighted by Crippen LogP contribution is 2.17. The molecule has 0 radical (unpaired) electrons. The molecule has 20 heavy (non-hydrogen) atoms. The summed E-state index contributed by atoms with van der Waals surface area (Å²) in [5.41, 5.74) is 7.57. The Morgan fingerprint density at radius 2 is 2.35 bits per heavy atom. The van der Waals surface area contributed by atoms with Gasteiger partial charge in [-0.3, -0.25) is 0 Å². The van der Waals surface area contributed by atoms with Crippen LogP contribution in [0.3, 0.4) is 0 Å². The van der Waals surface area contributed by atoms with Gasteiger partial charge in [-0.15, -0.1) is 0 Å². The highest BCUT2D eigenvalue weighted by Gasteiger charge is 2.18. The fourth-order valence-corrected chi connectivity index (χ4v) is 1.97. The Hall–Kier alpha value is -2.28. The highest BCUT2D eigenvalue weighted by atomic mass is 16.5. The van der Waals surface area contributed by atoms with Crippen molar-refractivity contribution in [1.29, 1.82) is 0 Å². The number of amidine groups is 1. The number of anilines is 1. The SMILES string of the molecule is Cc1ccc(/C(N)=N/O)cc1NC(=O)NC1CCOC1. The smallest absolute Gasteiger partial charge is 0.319 e. The van der Waals surface area contributed by atoms with Crippen molar-refractivity contribution in [2.75, 3.05) is 18.5 Å². The Kier molecular flexibility index (Phi) is 4.41. The van der Waals surface area contributed by atoms with E-state index in [0.29, 0.717) is 24.5 Å². The van der Waals surface area contributed by atoms with E-state index in [1.807, 2.05) is 6.92 Å². The first-order chi connectivity index (χ1) is 9.60. The second kappa shape index (κ2) is 6.25. The van der Waals surface area contributed by atoms with Crippen molar-refractivity contribution in [2.45, 2.75) is 19.4 Å². The average Bonchev–Trinajstić information content (AvgIpc) is 2.93. The third-order valence-electron chi connectivity index (χ3n) is 3.15. The summed E-state index contributed by atoms with van der Waals surface area (Å²) < 4.78 is 5.19. The topological polar surface area (TPSA) is 109 Å². The van der Waals surface area contributed by atoms with Crippen LogP contribution in [0.1, 0.15) is 17.5 Å². The molecule has 1 aromatic rings. The lowest BCUT2D eigenvalue weighted by molar-refractivity contribution is 0.189. The maximum absolute atomic E-state index is 11.9. The van der Waals surface area contributed by atoms with Gasteiger partial charge in [0.05, 0.1) is 12.6 Å². The third-order valence-corrected chi connectivity index (χ3v) is 3.15. The minimum absolute atomic E-state index is 0.00217. The van der Waals surface area contributed by atoms with Gasteiger partial charge in [-0.25, -0.2) is 4.79 Å². The molecule has 0 bridgehead atoms. The molecule has 0 aromatic heterocycles. The standard InChI is InChI=1S/C13H18N4O3/c1-8-2-3-9(12(14)17-19)6-11(8)16-13(18)15-10-4-5-20-7-10/h2-3,6,10,19H,4-5,7H2,1H3,(H2,14,17)(H2,15,16,18). The molecule has 1 atom stereocenters. The Labute approximate surface area is 116 Å². The van der Waals surface area contributed by atoms with E-state index < -0.39 is 0 Å². The zero-order valence-electron chi connectivity index (χ0n) is 11.2. The molecule has 1 aliphatic rings. The second-order valence-corrected chi connectivity index (χ2v) is 4.67. The molecule has 0 aliphatic carbocycles. The van der Waals surface area contributed by atoms with Crippen LogP contribution in [-0.4, -0.2) is 36.3 Å². The number of rotatable bonds is 3. The number of benzene rings is 1. The minimum Gasteiger partial charge on any atom is -0.409 e. The summed E-state index contributed by atoms with van der Waals surface area (Å²) in [6.45, 7) is 3.07. The van der Waals surface area contributed by atoms with Gasteiger partial charge in [-0.1, -0.05) is 17.3 Å². The summed E-state index contributed by atoms with van der Waals surface area (Å²) in [4.78, 5) is 11.9. The first-order valence-corrected chi connectivity index (χ1v) is 6.34. The number of hydrogen-bond donors (Lipinski definition) is 4. The number of nitrogens with two attached hydrogens (primary N) is 1. The number of amides is 2. The normalized spacial score (nSPS) is 18.9. The molecule has 1 heterocycles. The van der Waals surface area contributed by atoms with Crippen LogP contribution in [0, 0.1) is 6.92 Å². The predicted octanol–water partition coefficient (Wildman–Crippen LogP) is 1.000. The number of hydrogen-bond acceptors (Lipinski definition) is 4.